The van der Waals surface area contributed by atoms with Gasteiger partial charge in [-0.2, -0.15) is 0 Å². The van der Waals surface area contributed by atoms with Crippen LogP contribution in [0.2, 0.25) is 0 Å². The van der Waals surface area contributed by atoms with Crippen LogP contribution < -0.4 is 5.73 Å². The number of hydrogen-bond acceptors (Lipinski definition) is 2. The monoisotopic (exact) mass is 291 g/mol. The zero-order chi connectivity index (χ0) is 14.9. The summed E-state index contributed by atoms with van der Waals surface area (Å²) in [5.74, 6) is 0.148. The average molecular weight is 291 g/mol. The van der Waals surface area contributed by atoms with E-state index < -0.39 is 5.54 Å². The van der Waals surface area contributed by atoms with Crippen molar-refractivity contribution in [3.05, 3.63) is 35.6 Å². The molecule has 2 aliphatic rings. The molecule has 2 fully saturated rings. The Bertz CT molecular complexity index is 488. The van der Waals surface area contributed by atoms with E-state index in [4.69, 9.17) is 10.5 Å². The Morgan fingerprint density at radius 2 is 2.05 bits per heavy atom. The molecule has 0 amide bonds. The van der Waals surface area contributed by atoms with E-state index in [-0.39, 0.29) is 11.4 Å². The Hall–Kier alpha value is -0.930. The second-order valence-corrected chi connectivity index (χ2v) is 7.07. The molecule has 1 aliphatic carbocycles. The van der Waals surface area contributed by atoms with Gasteiger partial charge < -0.3 is 10.5 Å². The topological polar surface area (TPSA) is 35.2 Å². The van der Waals surface area contributed by atoms with E-state index in [1.54, 1.807) is 12.1 Å². The van der Waals surface area contributed by atoms with Crippen LogP contribution >= 0.6 is 0 Å². The normalized spacial score (nSPS) is 28.2. The maximum absolute atomic E-state index is 13.5. The minimum atomic E-state index is -0.490. The molecule has 1 saturated carbocycles. The van der Waals surface area contributed by atoms with Crippen molar-refractivity contribution in [2.24, 2.45) is 11.7 Å². The van der Waals surface area contributed by atoms with Gasteiger partial charge in [0.2, 0.25) is 0 Å². The number of benzene rings is 1. The van der Waals surface area contributed by atoms with Crippen LogP contribution in [0.4, 0.5) is 4.39 Å². The summed E-state index contributed by atoms with van der Waals surface area (Å²) in [5, 5.41) is 0. The molecule has 2 nitrogen and oxygen atoms in total. The molecular formula is C18H26FNO. The van der Waals surface area contributed by atoms with E-state index in [1.807, 2.05) is 13.0 Å². The minimum absolute atomic E-state index is 0.0368. The predicted octanol–water partition coefficient (Wildman–Crippen LogP) is 4.13. The fraction of sp³-hybridized carbons (Fsp3) is 0.667. The Morgan fingerprint density at radius 3 is 2.76 bits per heavy atom. The summed E-state index contributed by atoms with van der Waals surface area (Å²) in [5.41, 5.74) is 7.10. The summed E-state index contributed by atoms with van der Waals surface area (Å²) in [6, 6.07) is 6.77. The first-order valence-corrected chi connectivity index (χ1v) is 8.21. The van der Waals surface area contributed by atoms with Crippen molar-refractivity contribution in [2.75, 3.05) is 6.61 Å². The van der Waals surface area contributed by atoms with E-state index in [2.05, 4.69) is 0 Å². The van der Waals surface area contributed by atoms with E-state index in [9.17, 15) is 4.39 Å². The average Bonchev–Trinajstić information content (AvgIpc) is 2.48. The van der Waals surface area contributed by atoms with Gasteiger partial charge in [0.05, 0.1) is 5.60 Å². The molecule has 21 heavy (non-hydrogen) atoms. The van der Waals surface area contributed by atoms with Crippen LogP contribution in [0, 0.1) is 11.7 Å². The van der Waals surface area contributed by atoms with Gasteiger partial charge in [-0.1, -0.05) is 31.4 Å². The molecule has 0 aromatic heterocycles. The van der Waals surface area contributed by atoms with Crippen molar-refractivity contribution >= 4 is 0 Å². The van der Waals surface area contributed by atoms with Gasteiger partial charge in [-0.15, -0.1) is 0 Å². The lowest BCUT2D eigenvalue weighted by Crippen LogP contribution is -2.50. The Balaban J connectivity index is 1.81. The second-order valence-electron chi connectivity index (χ2n) is 7.07. The maximum Gasteiger partial charge on any atom is 0.123 e. The van der Waals surface area contributed by atoms with Gasteiger partial charge in [0, 0.05) is 12.1 Å². The Morgan fingerprint density at radius 1 is 1.29 bits per heavy atom. The van der Waals surface area contributed by atoms with Crippen molar-refractivity contribution < 1.29 is 9.13 Å². The van der Waals surface area contributed by atoms with Crippen molar-refractivity contribution in [3.63, 3.8) is 0 Å². The number of rotatable bonds is 2. The van der Waals surface area contributed by atoms with E-state index in [1.165, 1.54) is 25.3 Å². The predicted molar refractivity (Wildman–Crippen MR) is 82.4 cm³/mol. The minimum Gasteiger partial charge on any atom is -0.375 e. The zero-order valence-electron chi connectivity index (χ0n) is 12.9. The highest BCUT2D eigenvalue weighted by Crippen LogP contribution is 2.45. The van der Waals surface area contributed by atoms with Crippen LogP contribution in [0.3, 0.4) is 0 Å². The molecule has 2 atom stereocenters. The Kier molecular flexibility index (Phi) is 4.06. The summed E-state index contributed by atoms with van der Waals surface area (Å²) in [6.45, 7) is 2.83. The van der Waals surface area contributed by atoms with E-state index >= 15 is 0 Å². The quantitative estimate of drug-likeness (QED) is 0.889. The van der Waals surface area contributed by atoms with Gasteiger partial charge in [0.1, 0.15) is 5.82 Å². The summed E-state index contributed by atoms with van der Waals surface area (Å²) in [6.07, 6.45) is 8.12. The van der Waals surface area contributed by atoms with Crippen LogP contribution in [-0.4, -0.2) is 12.2 Å². The third-order valence-electron chi connectivity index (χ3n) is 5.55. The van der Waals surface area contributed by atoms with Crippen molar-refractivity contribution in [3.8, 4) is 0 Å². The SMILES string of the molecule is CC(N)(c1cccc(F)c1)C1CCOC2(CCCCC2)C1. The number of halogens is 1. The van der Waals surface area contributed by atoms with Gasteiger partial charge in [0.15, 0.2) is 0 Å². The fourth-order valence-electron chi connectivity index (χ4n) is 4.14. The maximum atomic E-state index is 13.5. The second kappa shape index (κ2) is 5.69. The summed E-state index contributed by atoms with van der Waals surface area (Å²) in [7, 11) is 0. The fourth-order valence-corrected chi connectivity index (χ4v) is 4.14. The molecule has 1 aromatic carbocycles. The third kappa shape index (κ3) is 3.00. The summed E-state index contributed by atoms with van der Waals surface area (Å²) < 4.78 is 19.7. The number of ether oxygens (including phenoxy) is 1. The molecule has 0 radical (unpaired) electrons. The summed E-state index contributed by atoms with van der Waals surface area (Å²) in [4.78, 5) is 0. The van der Waals surface area contributed by atoms with Crippen LogP contribution in [0.5, 0.6) is 0 Å². The molecule has 2 unspecified atom stereocenters. The van der Waals surface area contributed by atoms with Crippen LogP contribution in [0.15, 0.2) is 24.3 Å². The number of nitrogens with two attached hydrogens (primary N) is 1. The van der Waals surface area contributed by atoms with Crippen molar-refractivity contribution in [1.82, 2.24) is 0 Å². The molecule has 1 aliphatic heterocycles. The third-order valence-corrected chi connectivity index (χ3v) is 5.55. The standard InChI is InChI=1S/C18H26FNO/c1-17(20,14-6-5-7-16(19)12-14)15-8-11-21-18(13-15)9-3-2-4-10-18/h5-7,12,15H,2-4,8-11,13,20H2,1H3. The zero-order valence-corrected chi connectivity index (χ0v) is 12.9. The molecule has 1 aromatic rings. The summed E-state index contributed by atoms with van der Waals surface area (Å²) >= 11 is 0. The first-order valence-electron chi connectivity index (χ1n) is 8.21. The van der Waals surface area contributed by atoms with Crippen LogP contribution in [0.25, 0.3) is 0 Å². The van der Waals surface area contributed by atoms with Gasteiger partial charge in [-0.3, -0.25) is 0 Å². The molecule has 0 bridgehead atoms. The first-order chi connectivity index (χ1) is 10.0. The molecule has 3 rings (SSSR count). The first kappa shape index (κ1) is 15.0. The molecule has 3 heteroatoms. The van der Waals surface area contributed by atoms with Crippen LogP contribution in [-0.2, 0) is 10.3 Å². The lowest BCUT2D eigenvalue weighted by Gasteiger charge is -2.48. The Labute approximate surface area is 126 Å². The molecule has 1 spiro atoms. The lowest BCUT2D eigenvalue weighted by molar-refractivity contribution is -0.127. The van der Waals surface area contributed by atoms with Gasteiger partial charge >= 0.3 is 0 Å². The molecular weight excluding hydrogens is 265 g/mol. The van der Waals surface area contributed by atoms with Gasteiger partial charge in [0.25, 0.3) is 0 Å². The molecule has 116 valence electrons. The lowest BCUT2D eigenvalue weighted by atomic mass is 9.68. The molecule has 2 N–H and O–H groups in total. The largest absolute Gasteiger partial charge is 0.375 e. The van der Waals surface area contributed by atoms with Gasteiger partial charge in [-0.25, -0.2) is 4.39 Å². The van der Waals surface area contributed by atoms with Crippen LogP contribution in [0.1, 0.15) is 57.4 Å². The van der Waals surface area contributed by atoms with Crippen molar-refractivity contribution in [1.29, 1.82) is 0 Å². The van der Waals surface area contributed by atoms with Crippen molar-refractivity contribution in [2.45, 2.75) is 63.0 Å². The van der Waals surface area contributed by atoms with E-state index in [0.29, 0.717) is 5.92 Å². The van der Waals surface area contributed by atoms with E-state index in [0.717, 1.165) is 37.9 Å². The van der Waals surface area contributed by atoms with Gasteiger partial charge in [-0.05, 0) is 56.2 Å². The number of hydrogen-bond donors (Lipinski definition) is 1. The highest BCUT2D eigenvalue weighted by atomic mass is 19.1. The smallest absolute Gasteiger partial charge is 0.123 e. The highest BCUT2D eigenvalue weighted by Gasteiger charge is 2.44. The molecule has 1 saturated heterocycles. The molecule has 1 heterocycles. The highest BCUT2D eigenvalue weighted by molar-refractivity contribution is 5.25.